The fourth-order valence-corrected chi connectivity index (χ4v) is 2.29. The number of nitrogens with one attached hydrogen (secondary N) is 1. The summed E-state index contributed by atoms with van der Waals surface area (Å²) in [5.41, 5.74) is 2.00. The Bertz CT molecular complexity index is 679. The maximum absolute atomic E-state index is 12.3. The zero-order chi connectivity index (χ0) is 17.6. The van der Waals surface area contributed by atoms with Crippen LogP contribution >= 0.6 is 0 Å². The summed E-state index contributed by atoms with van der Waals surface area (Å²) < 4.78 is 11.2. The third-order valence-electron chi connectivity index (χ3n) is 4.28. The van der Waals surface area contributed by atoms with Crippen LogP contribution in [0.15, 0.2) is 48.5 Å². The van der Waals surface area contributed by atoms with E-state index >= 15 is 0 Å². The van der Waals surface area contributed by atoms with Crippen LogP contribution in [0.2, 0.25) is 0 Å². The van der Waals surface area contributed by atoms with Gasteiger partial charge in [-0.3, -0.25) is 4.79 Å². The molecule has 0 aliphatic heterocycles. The molecule has 0 aliphatic carbocycles. The molecule has 1 amide bonds. The van der Waals surface area contributed by atoms with Crippen molar-refractivity contribution in [2.75, 3.05) is 12.4 Å². The maximum Gasteiger partial charge on any atom is 0.256 e. The predicted octanol–water partition coefficient (Wildman–Crippen LogP) is 4.33. The molecule has 1 atom stereocenters. The topological polar surface area (TPSA) is 47.6 Å². The van der Waals surface area contributed by atoms with E-state index in [-0.39, 0.29) is 5.91 Å². The van der Waals surface area contributed by atoms with Crippen LogP contribution < -0.4 is 10.1 Å². The highest BCUT2D eigenvalue weighted by atomic mass is 16.5. The summed E-state index contributed by atoms with van der Waals surface area (Å²) >= 11 is 0. The highest BCUT2D eigenvalue weighted by molar-refractivity contribution is 5.97. The van der Waals surface area contributed by atoms with E-state index in [0.717, 1.165) is 22.6 Å². The second-order valence-electron chi connectivity index (χ2n) is 6.00. The highest BCUT2D eigenvalue weighted by Crippen LogP contribution is 2.24. The van der Waals surface area contributed by atoms with Crippen LogP contribution in [0.1, 0.15) is 31.4 Å². The fraction of sp³-hybridized carbons (Fsp3) is 0.350. The first-order valence-corrected chi connectivity index (χ1v) is 8.12. The molecule has 0 aromatic heterocycles. The van der Waals surface area contributed by atoms with Crippen molar-refractivity contribution >= 4 is 11.6 Å². The van der Waals surface area contributed by atoms with Crippen molar-refractivity contribution in [2.24, 2.45) is 0 Å². The van der Waals surface area contributed by atoms with Crippen molar-refractivity contribution in [2.45, 2.75) is 39.4 Å². The molecule has 2 rings (SSSR count). The number of rotatable bonds is 7. The van der Waals surface area contributed by atoms with Gasteiger partial charge in [-0.25, -0.2) is 0 Å². The molecule has 0 saturated heterocycles. The number of benzene rings is 2. The number of hydrogen-bond donors (Lipinski definition) is 1. The highest BCUT2D eigenvalue weighted by Gasteiger charge is 2.30. The van der Waals surface area contributed by atoms with Crippen LogP contribution in [0, 0.1) is 6.92 Å². The van der Waals surface area contributed by atoms with Gasteiger partial charge in [-0.05, 0) is 49.6 Å². The Morgan fingerprint density at radius 1 is 1.17 bits per heavy atom. The lowest BCUT2D eigenvalue weighted by Gasteiger charge is -2.25. The number of carbonyl (C=O) groups excluding carboxylic acids is 1. The van der Waals surface area contributed by atoms with Gasteiger partial charge in [0.05, 0.1) is 0 Å². The summed E-state index contributed by atoms with van der Waals surface area (Å²) in [6.45, 7) is 6.19. The lowest BCUT2D eigenvalue weighted by molar-refractivity contribution is -0.136. The molecule has 0 unspecified atom stereocenters. The first-order chi connectivity index (χ1) is 11.5. The van der Waals surface area contributed by atoms with Crippen molar-refractivity contribution < 1.29 is 14.3 Å². The standard InChI is InChI=1S/C20H25NO3/c1-5-20(3,23-4)19(22)21-17-11-12-18(15(2)13-17)24-14-16-9-7-6-8-10-16/h6-13H,5,14H2,1-4H3,(H,21,22)/t20-/m1/s1. The first kappa shape index (κ1) is 18.0. The Balaban J connectivity index is 2.03. The van der Waals surface area contributed by atoms with E-state index in [4.69, 9.17) is 9.47 Å². The van der Waals surface area contributed by atoms with Crippen LogP contribution in [0.3, 0.4) is 0 Å². The monoisotopic (exact) mass is 327 g/mol. The Kier molecular flexibility index (Phi) is 5.99. The van der Waals surface area contributed by atoms with Gasteiger partial charge in [-0.2, -0.15) is 0 Å². The first-order valence-electron chi connectivity index (χ1n) is 8.12. The average molecular weight is 327 g/mol. The van der Waals surface area contributed by atoms with Crippen molar-refractivity contribution in [1.82, 2.24) is 0 Å². The molecule has 0 spiro atoms. The molecule has 1 N–H and O–H groups in total. The Morgan fingerprint density at radius 3 is 2.46 bits per heavy atom. The molecule has 0 fully saturated rings. The second-order valence-corrected chi connectivity index (χ2v) is 6.00. The Hall–Kier alpha value is -2.33. The Morgan fingerprint density at radius 2 is 1.88 bits per heavy atom. The molecule has 0 radical (unpaired) electrons. The molecule has 4 heteroatoms. The molecular formula is C20H25NO3. The summed E-state index contributed by atoms with van der Waals surface area (Å²) in [4.78, 5) is 12.3. The van der Waals surface area contributed by atoms with Gasteiger partial charge in [0, 0.05) is 12.8 Å². The third kappa shape index (κ3) is 4.36. The average Bonchev–Trinajstić information content (AvgIpc) is 2.61. The smallest absolute Gasteiger partial charge is 0.256 e. The van der Waals surface area contributed by atoms with Gasteiger partial charge in [0.1, 0.15) is 18.0 Å². The van der Waals surface area contributed by atoms with Crippen molar-refractivity contribution in [3.8, 4) is 5.75 Å². The van der Waals surface area contributed by atoms with Gasteiger partial charge >= 0.3 is 0 Å². The summed E-state index contributed by atoms with van der Waals surface area (Å²) in [5.74, 6) is 0.659. The zero-order valence-electron chi connectivity index (χ0n) is 14.8. The van der Waals surface area contributed by atoms with E-state index in [1.54, 1.807) is 14.0 Å². The van der Waals surface area contributed by atoms with E-state index in [1.807, 2.05) is 62.4 Å². The van der Waals surface area contributed by atoms with Crippen LogP contribution in [0.5, 0.6) is 5.75 Å². The number of anilines is 1. The number of hydrogen-bond acceptors (Lipinski definition) is 3. The maximum atomic E-state index is 12.3. The molecule has 2 aromatic carbocycles. The van der Waals surface area contributed by atoms with Gasteiger partial charge in [0.2, 0.25) is 0 Å². The summed E-state index contributed by atoms with van der Waals surface area (Å²) in [6.07, 6.45) is 0.604. The molecule has 128 valence electrons. The number of aryl methyl sites for hydroxylation is 1. The van der Waals surface area contributed by atoms with Crippen molar-refractivity contribution in [1.29, 1.82) is 0 Å². The minimum atomic E-state index is -0.823. The minimum absolute atomic E-state index is 0.148. The zero-order valence-corrected chi connectivity index (χ0v) is 14.8. The lowest BCUT2D eigenvalue weighted by atomic mass is 10.0. The summed E-state index contributed by atoms with van der Waals surface area (Å²) in [5, 5.41) is 2.91. The molecule has 4 nitrogen and oxygen atoms in total. The Labute approximate surface area is 143 Å². The van der Waals surface area contributed by atoms with Crippen molar-refractivity contribution in [3.63, 3.8) is 0 Å². The number of ether oxygens (including phenoxy) is 2. The van der Waals surface area contributed by atoms with E-state index in [2.05, 4.69) is 5.32 Å². The number of amides is 1. The van der Waals surface area contributed by atoms with E-state index in [9.17, 15) is 4.79 Å². The molecule has 0 bridgehead atoms. The van der Waals surface area contributed by atoms with Crippen LogP contribution in [-0.4, -0.2) is 18.6 Å². The molecule has 0 aliphatic rings. The SMILES string of the molecule is CC[C@@](C)(OC)C(=O)Nc1ccc(OCc2ccccc2)c(C)c1. The van der Waals surface area contributed by atoms with Gasteiger partial charge in [0.25, 0.3) is 5.91 Å². The summed E-state index contributed by atoms with van der Waals surface area (Å²) in [6, 6.07) is 15.6. The lowest BCUT2D eigenvalue weighted by Crippen LogP contribution is -2.41. The number of carbonyl (C=O) groups is 1. The van der Waals surface area contributed by atoms with Gasteiger partial charge in [-0.1, -0.05) is 37.3 Å². The molecule has 24 heavy (non-hydrogen) atoms. The van der Waals surface area contributed by atoms with Crippen LogP contribution in [0.25, 0.3) is 0 Å². The van der Waals surface area contributed by atoms with Crippen LogP contribution in [-0.2, 0) is 16.1 Å². The molecular weight excluding hydrogens is 302 g/mol. The molecule has 2 aromatic rings. The fourth-order valence-electron chi connectivity index (χ4n) is 2.29. The van der Waals surface area contributed by atoms with E-state index in [1.165, 1.54) is 0 Å². The van der Waals surface area contributed by atoms with E-state index in [0.29, 0.717) is 13.0 Å². The third-order valence-corrected chi connectivity index (χ3v) is 4.28. The second kappa shape index (κ2) is 7.97. The molecule has 0 saturated carbocycles. The van der Waals surface area contributed by atoms with Gasteiger partial charge in [0.15, 0.2) is 0 Å². The van der Waals surface area contributed by atoms with Crippen molar-refractivity contribution in [3.05, 3.63) is 59.7 Å². The largest absolute Gasteiger partial charge is 0.489 e. The quantitative estimate of drug-likeness (QED) is 0.823. The van der Waals surface area contributed by atoms with Gasteiger partial charge in [-0.15, -0.1) is 0 Å². The van der Waals surface area contributed by atoms with E-state index < -0.39 is 5.60 Å². The normalized spacial score (nSPS) is 13.2. The van der Waals surface area contributed by atoms with Gasteiger partial charge < -0.3 is 14.8 Å². The number of methoxy groups -OCH3 is 1. The minimum Gasteiger partial charge on any atom is -0.489 e. The summed E-state index contributed by atoms with van der Waals surface area (Å²) in [7, 11) is 1.55. The predicted molar refractivity (Wildman–Crippen MR) is 96.3 cm³/mol. The molecule has 0 heterocycles. The van der Waals surface area contributed by atoms with Crippen LogP contribution in [0.4, 0.5) is 5.69 Å².